The van der Waals surface area contributed by atoms with E-state index in [1.54, 1.807) is 18.7 Å². The Kier molecular flexibility index (Phi) is 6.42. The van der Waals surface area contributed by atoms with Gasteiger partial charge >= 0.3 is 12.1 Å². The Morgan fingerprint density at radius 3 is 2.52 bits per heavy atom. The van der Waals surface area contributed by atoms with Crippen molar-refractivity contribution in [1.29, 1.82) is 0 Å². The number of carbonyl (C=O) groups excluding carboxylic acids is 2. The quantitative estimate of drug-likeness (QED) is 0.576. The Hall–Kier alpha value is -3.63. The minimum atomic E-state index is -4.84. The monoisotopic (exact) mass is 435 g/mol. The maximum Gasteiger partial charge on any atom is 0.434 e. The smallest absolute Gasteiger partial charge is 0.434 e. The number of amides is 1. The summed E-state index contributed by atoms with van der Waals surface area (Å²) in [6, 6.07) is 5.23. The average Bonchev–Trinajstić information content (AvgIpc) is 3.37. The molecule has 2 heterocycles. The molecule has 3 aromatic rings. The summed E-state index contributed by atoms with van der Waals surface area (Å²) in [4.78, 5) is 28.2. The van der Waals surface area contributed by atoms with Gasteiger partial charge in [0.05, 0.1) is 24.8 Å². The summed E-state index contributed by atoms with van der Waals surface area (Å²) >= 11 is 0. The lowest BCUT2D eigenvalue weighted by atomic mass is 10.1. The molecule has 0 aliphatic heterocycles. The van der Waals surface area contributed by atoms with E-state index in [0.29, 0.717) is 11.2 Å². The van der Waals surface area contributed by atoms with Gasteiger partial charge in [-0.3, -0.25) is 4.79 Å². The zero-order valence-electron chi connectivity index (χ0n) is 16.8. The number of halogens is 3. The maximum atomic E-state index is 13.6. The Balaban J connectivity index is 1.79. The highest BCUT2D eigenvalue weighted by Crippen LogP contribution is 2.34. The second-order valence-electron chi connectivity index (χ2n) is 6.72. The third-order valence-electron chi connectivity index (χ3n) is 4.33. The molecule has 0 fully saturated rings. The standard InChI is InChI=1S/C20H20F3N5O3/c1-3-31-19(30)16-10-25-28(17(16)20(21,22)23)15-6-4-14(5-7-15)18(29)26-13(2)11-27-9-8-24-12-27/h4-10,12-13H,3,11H2,1-2H3,(H,26,29). The molecule has 3 rings (SSSR count). The van der Waals surface area contributed by atoms with E-state index < -0.39 is 23.4 Å². The number of hydrogen-bond donors (Lipinski definition) is 1. The van der Waals surface area contributed by atoms with E-state index in [9.17, 15) is 22.8 Å². The highest BCUT2D eigenvalue weighted by molar-refractivity contribution is 5.94. The Bertz CT molecular complexity index is 1040. The van der Waals surface area contributed by atoms with Crippen LogP contribution in [0.25, 0.3) is 5.69 Å². The number of nitrogens with one attached hydrogen (secondary N) is 1. The first-order valence-electron chi connectivity index (χ1n) is 9.40. The molecule has 1 N–H and O–H groups in total. The van der Waals surface area contributed by atoms with Crippen molar-refractivity contribution in [3.8, 4) is 5.69 Å². The van der Waals surface area contributed by atoms with Gasteiger partial charge in [-0.05, 0) is 38.1 Å². The molecule has 1 atom stereocenters. The lowest BCUT2D eigenvalue weighted by Gasteiger charge is -2.15. The maximum absolute atomic E-state index is 13.6. The molecule has 0 saturated carbocycles. The normalized spacial score (nSPS) is 12.4. The Morgan fingerprint density at radius 1 is 1.23 bits per heavy atom. The van der Waals surface area contributed by atoms with Crippen LogP contribution in [-0.2, 0) is 17.5 Å². The van der Waals surface area contributed by atoms with E-state index in [4.69, 9.17) is 0 Å². The molecular formula is C20H20F3N5O3. The van der Waals surface area contributed by atoms with Crippen LogP contribution < -0.4 is 5.32 Å². The number of carbonyl (C=O) groups is 2. The summed E-state index contributed by atoms with van der Waals surface area (Å²) in [6.45, 7) is 3.77. The number of ether oxygens (including phenoxy) is 1. The molecule has 8 nitrogen and oxygen atoms in total. The molecule has 1 amide bonds. The van der Waals surface area contributed by atoms with Crippen LogP contribution in [0.4, 0.5) is 13.2 Å². The first kappa shape index (κ1) is 22.1. The zero-order chi connectivity index (χ0) is 22.6. The van der Waals surface area contributed by atoms with Gasteiger partial charge in [0.25, 0.3) is 5.91 Å². The summed E-state index contributed by atoms with van der Waals surface area (Å²) in [5, 5.41) is 6.52. The van der Waals surface area contributed by atoms with Crippen LogP contribution >= 0.6 is 0 Å². The molecule has 0 aliphatic rings. The van der Waals surface area contributed by atoms with E-state index in [-0.39, 0.29) is 29.8 Å². The summed E-state index contributed by atoms with van der Waals surface area (Å²) in [5.74, 6) is -1.48. The number of esters is 1. The van der Waals surface area contributed by atoms with Crippen LogP contribution in [0.3, 0.4) is 0 Å². The van der Waals surface area contributed by atoms with Gasteiger partial charge in [0.2, 0.25) is 0 Å². The van der Waals surface area contributed by atoms with Crippen molar-refractivity contribution < 1.29 is 27.5 Å². The number of nitrogens with zero attached hydrogens (tertiary/aromatic N) is 4. The van der Waals surface area contributed by atoms with Crippen molar-refractivity contribution in [3.05, 3.63) is 66.0 Å². The fourth-order valence-electron chi connectivity index (χ4n) is 2.99. The van der Waals surface area contributed by atoms with Gasteiger partial charge in [0.15, 0.2) is 5.69 Å². The molecular weight excluding hydrogens is 415 g/mol. The number of alkyl halides is 3. The van der Waals surface area contributed by atoms with Crippen molar-refractivity contribution in [1.82, 2.24) is 24.6 Å². The van der Waals surface area contributed by atoms with E-state index >= 15 is 0 Å². The number of imidazole rings is 1. The molecule has 11 heteroatoms. The lowest BCUT2D eigenvalue weighted by molar-refractivity contribution is -0.143. The third-order valence-corrected chi connectivity index (χ3v) is 4.33. The molecule has 2 aromatic heterocycles. The SMILES string of the molecule is CCOC(=O)c1cnn(-c2ccc(C(=O)NC(C)Cn3ccnc3)cc2)c1C(F)(F)F. The average molecular weight is 435 g/mol. The molecule has 1 unspecified atom stereocenters. The topological polar surface area (TPSA) is 91.0 Å². The summed E-state index contributed by atoms with van der Waals surface area (Å²) in [6.07, 6.45) is 1.01. The largest absolute Gasteiger partial charge is 0.462 e. The number of aromatic nitrogens is 4. The molecule has 31 heavy (non-hydrogen) atoms. The van der Waals surface area contributed by atoms with Crippen LogP contribution in [0.5, 0.6) is 0 Å². The number of hydrogen-bond acceptors (Lipinski definition) is 5. The van der Waals surface area contributed by atoms with Crippen LogP contribution in [-0.4, -0.2) is 43.9 Å². The van der Waals surface area contributed by atoms with Gasteiger partial charge in [-0.25, -0.2) is 14.5 Å². The summed E-state index contributed by atoms with van der Waals surface area (Å²) in [5.41, 5.74) is -1.60. The van der Waals surface area contributed by atoms with Crippen molar-refractivity contribution in [2.45, 2.75) is 32.6 Å². The molecule has 0 radical (unpaired) electrons. The number of benzene rings is 1. The first-order valence-corrected chi connectivity index (χ1v) is 9.40. The minimum absolute atomic E-state index is 0.0471. The second-order valence-corrected chi connectivity index (χ2v) is 6.72. The fraction of sp³-hybridized carbons (Fsp3) is 0.300. The predicted molar refractivity (Wildman–Crippen MR) is 104 cm³/mol. The zero-order valence-corrected chi connectivity index (χ0v) is 16.8. The van der Waals surface area contributed by atoms with Crippen molar-refractivity contribution >= 4 is 11.9 Å². The molecule has 0 spiro atoms. The fourth-order valence-corrected chi connectivity index (χ4v) is 2.99. The van der Waals surface area contributed by atoms with Gasteiger partial charge < -0.3 is 14.6 Å². The highest BCUT2D eigenvalue weighted by atomic mass is 19.4. The first-order chi connectivity index (χ1) is 14.7. The van der Waals surface area contributed by atoms with Crippen LogP contribution in [0.2, 0.25) is 0 Å². The van der Waals surface area contributed by atoms with Gasteiger partial charge in [0.1, 0.15) is 5.56 Å². The van der Waals surface area contributed by atoms with Crippen LogP contribution in [0.1, 0.15) is 40.3 Å². The molecule has 1 aromatic carbocycles. The molecule has 0 bridgehead atoms. The van der Waals surface area contributed by atoms with Gasteiger partial charge in [0, 0.05) is 30.5 Å². The Morgan fingerprint density at radius 2 is 1.94 bits per heavy atom. The second kappa shape index (κ2) is 9.02. The summed E-state index contributed by atoms with van der Waals surface area (Å²) in [7, 11) is 0. The molecule has 164 valence electrons. The lowest BCUT2D eigenvalue weighted by Crippen LogP contribution is -2.35. The van der Waals surface area contributed by atoms with Crippen molar-refractivity contribution in [2.24, 2.45) is 0 Å². The molecule has 0 aliphatic carbocycles. The highest BCUT2D eigenvalue weighted by Gasteiger charge is 2.41. The van der Waals surface area contributed by atoms with E-state index in [0.717, 1.165) is 6.20 Å². The van der Waals surface area contributed by atoms with E-state index in [1.165, 1.54) is 31.2 Å². The van der Waals surface area contributed by atoms with Crippen molar-refractivity contribution in [2.75, 3.05) is 6.61 Å². The van der Waals surface area contributed by atoms with Gasteiger partial charge in [-0.1, -0.05) is 0 Å². The number of rotatable bonds is 7. The van der Waals surface area contributed by atoms with Crippen LogP contribution in [0.15, 0.2) is 49.2 Å². The summed E-state index contributed by atoms with van der Waals surface area (Å²) < 4.78 is 47.9. The van der Waals surface area contributed by atoms with Gasteiger partial charge in [-0.2, -0.15) is 18.3 Å². The van der Waals surface area contributed by atoms with Crippen molar-refractivity contribution in [3.63, 3.8) is 0 Å². The van der Waals surface area contributed by atoms with E-state index in [1.807, 2.05) is 11.5 Å². The molecule has 0 saturated heterocycles. The third kappa shape index (κ3) is 5.11. The van der Waals surface area contributed by atoms with Crippen LogP contribution in [0, 0.1) is 0 Å². The Labute approximate surface area is 175 Å². The van der Waals surface area contributed by atoms with E-state index in [2.05, 4.69) is 20.1 Å². The predicted octanol–water partition coefficient (Wildman–Crippen LogP) is 3.08. The minimum Gasteiger partial charge on any atom is -0.462 e. The van der Waals surface area contributed by atoms with Gasteiger partial charge in [-0.15, -0.1) is 0 Å².